The first-order valence-corrected chi connectivity index (χ1v) is 15.6. The maximum absolute atomic E-state index is 15.9. The minimum Gasteiger partial charge on any atom is -0.497 e. The first-order valence-electron chi connectivity index (χ1n) is 15.6. The Morgan fingerprint density at radius 3 is 2.47 bits per heavy atom. The highest BCUT2D eigenvalue weighted by Gasteiger charge is 2.51. The van der Waals surface area contributed by atoms with Crippen molar-refractivity contribution in [3.05, 3.63) is 58.9 Å². The SMILES string of the molecule is COc1ccc(CN2C(=O)O[C@@H](C(F)(F)F)c3c(-c4nn([C@@H]5CCN(C(=O)OC(C)(C)C)C[C@@H]5F)c5c4CCCC5)ccnc32)cc1. The number of ether oxygens (including phenoxy) is 3. The van der Waals surface area contributed by atoms with Crippen LogP contribution in [0.4, 0.5) is 33.0 Å². The second-order valence-electron chi connectivity index (χ2n) is 13.1. The summed E-state index contributed by atoms with van der Waals surface area (Å²) in [6.07, 6.45) is -6.43. The first kappa shape index (κ1) is 32.6. The van der Waals surface area contributed by atoms with E-state index in [0.29, 0.717) is 24.2 Å². The van der Waals surface area contributed by atoms with Gasteiger partial charge in [0.25, 0.3) is 0 Å². The van der Waals surface area contributed by atoms with E-state index in [9.17, 15) is 22.8 Å². The van der Waals surface area contributed by atoms with E-state index in [1.807, 2.05) is 0 Å². The van der Waals surface area contributed by atoms with E-state index in [1.165, 1.54) is 24.3 Å². The average molecular weight is 660 g/mol. The number of cyclic esters (lactones) is 1. The van der Waals surface area contributed by atoms with Crippen LogP contribution in [0.3, 0.4) is 0 Å². The summed E-state index contributed by atoms with van der Waals surface area (Å²) in [4.78, 5) is 32.4. The molecule has 6 rings (SSSR count). The van der Waals surface area contributed by atoms with Crippen molar-refractivity contribution in [3.8, 4) is 17.0 Å². The largest absolute Gasteiger partial charge is 0.497 e. The zero-order chi connectivity index (χ0) is 33.7. The molecule has 1 aromatic carbocycles. The lowest BCUT2D eigenvalue weighted by molar-refractivity contribution is -0.207. The van der Waals surface area contributed by atoms with Crippen LogP contribution in [0.2, 0.25) is 0 Å². The number of halogens is 4. The number of fused-ring (bicyclic) bond motifs is 2. The Morgan fingerprint density at radius 1 is 1.09 bits per heavy atom. The number of hydrogen-bond acceptors (Lipinski definition) is 7. The van der Waals surface area contributed by atoms with Crippen LogP contribution in [-0.2, 0) is 28.9 Å². The molecule has 0 N–H and O–H groups in total. The number of likely N-dealkylation sites (tertiary alicyclic amines) is 1. The van der Waals surface area contributed by atoms with E-state index in [-0.39, 0.29) is 48.7 Å². The molecular formula is C33H37F4N5O5. The number of carbonyl (C=O) groups is 2. The van der Waals surface area contributed by atoms with Crippen molar-refractivity contribution in [2.24, 2.45) is 0 Å². The van der Waals surface area contributed by atoms with Crippen molar-refractivity contribution in [3.63, 3.8) is 0 Å². The second kappa shape index (κ2) is 12.3. The molecular weight excluding hydrogens is 622 g/mol. The Balaban J connectivity index is 1.39. The Morgan fingerprint density at radius 2 is 1.81 bits per heavy atom. The molecule has 3 aromatic rings. The summed E-state index contributed by atoms with van der Waals surface area (Å²) in [5.74, 6) is 0.407. The van der Waals surface area contributed by atoms with Crippen molar-refractivity contribution in [1.29, 1.82) is 0 Å². The molecule has 10 nitrogen and oxygen atoms in total. The quantitative estimate of drug-likeness (QED) is 0.269. The molecule has 0 radical (unpaired) electrons. The molecule has 0 saturated carbocycles. The van der Waals surface area contributed by atoms with Gasteiger partial charge in [-0.2, -0.15) is 18.3 Å². The molecule has 14 heteroatoms. The number of amides is 2. The summed E-state index contributed by atoms with van der Waals surface area (Å²) < 4.78 is 76.8. The summed E-state index contributed by atoms with van der Waals surface area (Å²) in [6, 6.07) is 7.49. The van der Waals surface area contributed by atoms with Crippen LogP contribution in [0.25, 0.3) is 11.3 Å². The minimum absolute atomic E-state index is 0.0941. The molecule has 0 unspecified atom stereocenters. The zero-order valence-corrected chi connectivity index (χ0v) is 26.6. The van der Waals surface area contributed by atoms with Gasteiger partial charge in [-0.1, -0.05) is 12.1 Å². The maximum Gasteiger partial charge on any atom is 0.430 e. The van der Waals surface area contributed by atoms with Crippen LogP contribution >= 0.6 is 0 Å². The summed E-state index contributed by atoms with van der Waals surface area (Å²) in [7, 11) is 1.51. The number of alkyl halides is 4. The predicted molar refractivity (Wildman–Crippen MR) is 163 cm³/mol. The van der Waals surface area contributed by atoms with Gasteiger partial charge in [0.1, 0.15) is 23.3 Å². The van der Waals surface area contributed by atoms with Gasteiger partial charge in [-0.05, 0) is 76.6 Å². The minimum atomic E-state index is -4.93. The number of pyridine rings is 1. The lowest BCUT2D eigenvalue weighted by Gasteiger charge is -2.36. The number of hydrogen-bond donors (Lipinski definition) is 0. The van der Waals surface area contributed by atoms with Gasteiger partial charge in [0.2, 0.25) is 6.10 Å². The van der Waals surface area contributed by atoms with Crippen molar-refractivity contribution >= 4 is 18.0 Å². The van der Waals surface area contributed by atoms with Crippen LogP contribution in [0.5, 0.6) is 5.75 Å². The number of methoxy groups -OCH3 is 1. The Kier molecular flexibility index (Phi) is 8.56. The Labute approximate surface area is 269 Å². The molecule has 2 aliphatic heterocycles. The fourth-order valence-electron chi connectivity index (χ4n) is 6.51. The zero-order valence-electron chi connectivity index (χ0n) is 26.6. The van der Waals surface area contributed by atoms with Crippen LogP contribution < -0.4 is 9.64 Å². The number of nitrogens with zero attached hydrogens (tertiary/aromatic N) is 5. The molecule has 2 aromatic heterocycles. The van der Waals surface area contributed by atoms with Crippen LogP contribution in [0, 0.1) is 0 Å². The summed E-state index contributed by atoms with van der Waals surface area (Å²) >= 11 is 0. The molecule has 0 spiro atoms. The summed E-state index contributed by atoms with van der Waals surface area (Å²) in [5.41, 5.74) is 1.50. The number of piperidine rings is 1. The van der Waals surface area contributed by atoms with Gasteiger partial charge in [-0.15, -0.1) is 0 Å². The monoisotopic (exact) mass is 659 g/mol. The molecule has 252 valence electrons. The predicted octanol–water partition coefficient (Wildman–Crippen LogP) is 7.11. The number of rotatable bonds is 5. The van der Waals surface area contributed by atoms with Crippen molar-refractivity contribution in [1.82, 2.24) is 19.7 Å². The second-order valence-corrected chi connectivity index (χ2v) is 13.1. The molecule has 47 heavy (non-hydrogen) atoms. The van der Waals surface area contributed by atoms with E-state index >= 15 is 4.39 Å². The summed E-state index contributed by atoms with van der Waals surface area (Å²) in [5, 5.41) is 4.81. The van der Waals surface area contributed by atoms with Crippen LogP contribution in [0.15, 0.2) is 36.5 Å². The average Bonchev–Trinajstić information content (AvgIpc) is 3.40. The van der Waals surface area contributed by atoms with Gasteiger partial charge in [0, 0.05) is 29.6 Å². The third-order valence-corrected chi connectivity index (χ3v) is 8.66. The van der Waals surface area contributed by atoms with Crippen LogP contribution in [0.1, 0.15) is 74.6 Å². The number of benzene rings is 1. The van der Waals surface area contributed by atoms with Gasteiger partial charge < -0.3 is 19.1 Å². The van der Waals surface area contributed by atoms with Crippen LogP contribution in [-0.4, -0.2) is 70.0 Å². The number of aromatic nitrogens is 3. The fourth-order valence-corrected chi connectivity index (χ4v) is 6.51. The molecule has 3 aliphatic rings. The molecule has 4 heterocycles. The van der Waals surface area contributed by atoms with Gasteiger partial charge in [0.05, 0.1) is 37.5 Å². The van der Waals surface area contributed by atoms with E-state index in [0.717, 1.165) is 29.0 Å². The number of anilines is 1. The molecule has 3 atom stereocenters. The molecule has 0 bridgehead atoms. The normalized spacial score (nSPS) is 21.5. The lowest BCUT2D eigenvalue weighted by Crippen LogP contribution is -2.47. The van der Waals surface area contributed by atoms with E-state index < -0.39 is 42.3 Å². The Bertz CT molecular complexity index is 1650. The third kappa shape index (κ3) is 6.46. The first-order chi connectivity index (χ1) is 22.2. The van der Waals surface area contributed by atoms with Gasteiger partial charge in [-0.25, -0.2) is 19.0 Å². The molecule has 1 fully saturated rings. The van der Waals surface area contributed by atoms with Crippen molar-refractivity contribution < 1.29 is 41.4 Å². The van der Waals surface area contributed by atoms with Gasteiger partial charge >= 0.3 is 18.4 Å². The standard InChI is InChI=1S/C33H37F4N5O5/c1-32(2,3)47-30(43)40-16-14-25(23(34)18-40)42-24-8-6-5-7-21(24)27(39-42)22-13-15-38-29-26(22)28(33(35,36)37)46-31(44)41(29)17-19-9-11-20(45-4)12-10-19/h9-13,15,23,25,28H,5-8,14,16-18H2,1-4H3/t23-,25+,28+/m0/s1. The molecule has 2 amide bonds. The highest BCUT2D eigenvalue weighted by Crippen LogP contribution is 2.49. The molecule has 1 aliphatic carbocycles. The lowest BCUT2D eigenvalue weighted by atomic mass is 9.90. The van der Waals surface area contributed by atoms with E-state index in [1.54, 1.807) is 49.7 Å². The molecule has 1 saturated heterocycles. The maximum atomic E-state index is 15.9. The van der Waals surface area contributed by atoms with E-state index in [4.69, 9.17) is 19.3 Å². The fraction of sp³-hybridized carbons (Fsp3) is 0.515. The van der Waals surface area contributed by atoms with Gasteiger partial charge in [0.15, 0.2) is 0 Å². The van der Waals surface area contributed by atoms with Crippen molar-refractivity contribution in [2.45, 2.75) is 89.5 Å². The highest BCUT2D eigenvalue weighted by molar-refractivity contribution is 5.92. The Hall–Kier alpha value is -4.36. The third-order valence-electron chi connectivity index (χ3n) is 8.66. The van der Waals surface area contributed by atoms with Crippen molar-refractivity contribution in [2.75, 3.05) is 25.1 Å². The van der Waals surface area contributed by atoms with Gasteiger partial charge in [-0.3, -0.25) is 9.58 Å². The highest BCUT2D eigenvalue weighted by atomic mass is 19.4. The number of carbonyl (C=O) groups excluding carboxylic acids is 2. The van der Waals surface area contributed by atoms with E-state index in [2.05, 4.69) is 4.98 Å². The summed E-state index contributed by atoms with van der Waals surface area (Å²) in [6.45, 7) is 5.17. The smallest absolute Gasteiger partial charge is 0.430 e. The topological polar surface area (TPSA) is 99.0 Å².